The van der Waals surface area contributed by atoms with E-state index in [-0.39, 0.29) is 21.3 Å². The summed E-state index contributed by atoms with van der Waals surface area (Å²) in [5, 5.41) is 12.7. The second-order valence-electron chi connectivity index (χ2n) is 4.24. The fourth-order valence-corrected chi connectivity index (χ4v) is 2.28. The highest BCUT2D eigenvalue weighted by Gasteiger charge is 2.11. The van der Waals surface area contributed by atoms with Crippen LogP contribution in [0.15, 0.2) is 24.3 Å². The lowest BCUT2D eigenvalue weighted by Gasteiger charge is -2.06. The summed E-state index contributed by atoms with van der Waals surface area (Å²) in [5.41, 5.74) is 1.68. The van der Waals surface area contributed by atoms with E-state index < -0.39 is 0 Å². The van der Waals surface area contributed by atoms with Gasteiger partial charge in [-0.15, -0.1) is 10.2 Å². The van der Waals surface area contributed by atoms with Gasteiger partial charge >= 0.3 is 0 Å². The molecule has 0 saturated heterocycles. The Labute approximate surface area is 130 Å². The molecule has 2 rings (SSSR count). The van der Waals surface area contributed by atoms with Crippen LogP contribution in [0.25, 0.3) is 0 Å². The van der Waals surface area contributed by atoms with Crippen molar-refractivity contribution >= 4 is 34.8 Å². The van der Waals surface area contributed by atoms with Gasteiger partial charge in [-0.05, 0) is 30.7 Å². The van der Waals surface area contributed by atoms with Crippen molar-refractivity contribution in [3.05, 3.63) is 44.9 Å². The first-order valence-electron chi connectivity index (χ1n) is 6.18. The van der Waals surface area contributed by atoms with E-state index in [1.807, 2.05) is 19.1 Å². The van der Waals surface area contributed by atoms with Gasteiger partial charge in [-0.1, -0.05) is 29.0 Å². The molecule has 0 fully saturated rings. The van der Waals surface area contributed by atoms with Crippen molar-refractivity contribution in [1.29, 1.82) is 0 Å². The van der Waals surface area contributed by atoms with Crippen LogP contribution in [-0.4, -0.2) is 35.1 Å². The average Bonchev–Trinajstić information content (AvgIpc) is 2.90. The van der Waals surface area contributed by atoms with E-state index >= 15 is 0 Å². The molecule has 0 aliphatic carbocycles. The molecule has 1 aromatic heterocycles. The molecule has 6 nitrogen and oxygen atoms in total. The fraction of sp³-hybridized carbons (Fsp3) is 0.231. The standard InChI is InChI=1S/C13H13ClN4O2S/c1-8-2-4-9(5-3-8)10(19)15-6-7-16-11(20)12-17-18-13(14)21-12/h2-5H,6-7H2,1H3,(H,15,19)(H,16,20). The van der Waals surface area contributed by atoms with Crippen LogP contribution in [0.5, 0.6) is 0 Å². The molecule has 0 saturated carbocycles. The Morgan fingerprint density at radius 3 is 2.29 bits per heavy atom. The van der Waals surface area contributed by atoms with Gasteiger partial charge in [-0.25, -0.2) is 0 Å². The molecule has 1 aromatic carbocycles. The Hall–Kier alpha value is -1.99. The van der Waals surface area contributed by atoms with E-state index in [4.69, 9.17) is 11.6 Å². The Kier molecular flexibility index (Phi) is 5.24. The summed E-state index contributed by atoms with van der Waals surface area (Å²) in [5.74, 6) is -0.535. The number of carbonyl (C=O) groups excluding carboxylic acids is 2. The molecule has 0 radical (unpaired) electrons. The molecule has 2 amide bonds. The molecule has 2 aromatic rings. The van der Waals surface area contributed by atoms with Crippen molar-refractivity contribution in [2.75, 3.05) is 13.1 Å². The molecule has 2 N–H and O–H groups in total. The minimum Gasteiger partial charge on any atom is -0.350 e. The van der Waals surface area contributed by atoms with Crippen LogP contribution in [0.4, 0.5) is 0 Å². The van der Waals surface area contributed by atoms with Gasteiger partial charge in [-0.3, -0.25) is 9.59 Å². The molecule has 0 atom stereocenters. The summed E-state index contributed by atoms with van der Waals surface area (Å²) in [6.45, 7) is 2.58. The summed E-state index contributed by atoms with van der Waals surface area (Å²) in [6, 6.07) is 7.25. The van der Waals surface area contributed by atoms with Gasteiger partial charge in [0, 0.05) is 18.7 Å². The van der Waals surface area contributed by atoms with Gasteiger partial charge in [0.2, 0.25) is 9.47 Å². The van der Waals surface area contributed by atoms with Crippen molar-refractivity contribution in [2.45, 2.75) is 6.92 Å². The molecular formula is C13H13ClN4O2S. The molecule has 0 aliphatic rings. The predicted octanol–water partition coefficient (Wildman–Crippen LogP) is 1.66. The summed E-state index contributed by atoms with van der Waals surface area (Å²) in [4.78, 5) is 23.4. The van der Waals surface area contributed by atoms with Gasteiger partial charge < -0.3 is 10.6 Å². The van der Waals surface area contributed by atoms with E-state index in [2.05, 4.69) is 20.8 Å². The molecule has 0 aliphatic heterocycles. The fourth-order valence-electron chi connectivity index (χ4n) is 1.53. The smallest absolute Gasteiger partial charge is 0.282 e. The first-order chi connectivity index (χ1) is 10.1. The lowest BCUT2D eigenvalue weighted by molar-refractivity contribution is 0.0927. The maximum atomic E-state index is 11.8. The van der Waals surface area contributed by atoms with Crippen LogP contribution in [-0.2, 0) is 0 Å². The Morgan fingerprint density at radius 1 is 1.10 bits per heavy atom. The van der Waals surface area contributed by atoms with Crippen molar-refractivity contribution < 1.29 is 9.59 Å². The molecule has 0 bridgehead atoms. The number of hydrogen-bond donors (Lipinski definition) is 2. The normalized spacial score (nSPS) is 10.2. The SMILES string of the molecule is Cc1ccc(C(=O)NCCNC(=O)c2nnc(Cl)s2)cc1. The summed E-state index contributed by atoms with van der Waals surface area (Å²) >= 11 is 6.60. The number of amides is 2. The number of nitrogens with zero attached hydrogens (tertiary/aromatic N) is 2. The highest BCUT2D eigenvalue weighted by molar-refractivity contribution is 7.17. The lowest BCUT2D eigenvalue weighted by atomic mass is 10.1. The molecule has 110 valence electrons. The van der Waals surface area contributed by atoms with E-state index in [0.29, 0.717) is 18.7 Å². The van der Waals surface area contributed by atoms with Gasteiger partial charge in [0.25, 0.3) is 11.8 Å². The number of benzene rings is 1. The third-order valence-electron chi connectivity index (χ3n) is 2.60. The molecule has 21 heavy (non-hydrogen) atoms. The molecule has 0 unspecified atom stereocenters. The number of aryl methyl sites for hydroxylation is 1. The zero-order valence-electron chi connectivity index (χ0n) is 11.2. The van der Waals surface area contributed by atoms with Crippen LogP contribution >= 0.6 is 22.9 Å². The van der Waals surface area contributed by atoms with Gasteiger partial charge in [0.05, 0.1) is 0 Å². The lowest BCUT2D eigenvalue weighted by Crippen LogP contribution is -2.34. The Balaban J connectivity index is 1.73. The molecular weight excluding hydrogens is 312 g/mol. The number of carbonyl (C=O) groups is 2. The van der Waals surface area contributed by atoms with Crippen molar-refractivity contribution in [2.24, 2.45) is 0 Å². The Morgan fingerprint density at radius 2 is 1.71 bits per heavy atom. The number of halogens is 1. The van der Waals surface area contributed by atoms with E-state index in [0.717, 1.165) is 16.9 Å². The second kappa shape index (κ2) is 7.14. The Bertz CT molecular complexity index is 642. The second-order valence-corrected chi connectivity index (χ2v) is 5.80. The highest BCUT2D eigenvalue weighted by atomic mass is 35.5. The first kappa shape index (κ1) is 15.4. The zero-order chi connectivity index (χ0) is 15.2. The third-order valence-corrected chi connectivity index (χ3v) is 3.62. The minimum absolute atomic E-state index is 0.178. The number of hydrogen-bond acceptors (Lipinski definition) is 5. The molecule has 1 heterocycles. The van der Waals surface area contributed by atoms with Crippen molar-refractivity contribution in [3.63, 3.8) is 0 Å². The highest BCUT2D eigenvalue weighted by Crippen LogP contribution is 2.14. The van der Waals surface area contributed by atoms with E-state index in [9.17, 15) is 9.59 Å². The maximum Gasteiger partial charge on any atom is 0.282 e. The third kappa shape index (κ3) is 4.51. The van der Waals surface area contributed by atoms with Gasteiger partial charge in [-0.2, -0.15) is 0 Å². The largest absolute Gasteiger partial charge is 0.350 e. The van der Waals surface area contributed by atoms with E-state index in [1.165, 1.54) is 0 Å². The van der Waals surface area contributed by atoms with E-state index in [1.54, 1.807) is 12.1 Å². The minimum atomic E-state index is -0.357. The van der Waals surface area contributed by atoms with Crippen LogP contribution < -0.4 is 10.6 Å². The maximum absolute atomic E-state index is 11.8. The van der Waals surface area contributed by atoms with Crippen LogP contribution in [0.2, 0.25) is 4.47 Å². The molecule has 0 spiro atoms. The summed E-state index contributed by atoms with van der Waals surface area (Å²) in [7, 11) is 0. The zero-order valence-corrected chi connectivity index (χ0v) is 12.8. The number of rotatable bonds is 5. The topological polar surface area (TPSA) is 84.0 Å². The predicted molar refractivity (Wildman–Crippen MR) is 80.8 cm³/mol. The number of nitrogens with one attached hydrogen (secondary N) is 2. The average molecular weight is 325 g/mol. The van der Waals surface area contributed by atoms with Gasteiger partial charge in [0.15, 0.2) is 0 Å². The van der Waals surface area contributed by atoms with Crippen molar-refractivity contribution in [1.82, 2.24) is 20.8 Å². The first-order valence-corrected chi connectivity index (χ1v) is 7.38. The monoisotopic (exact) mass is 324 g/mol. The van der Waals surface area contributed by atoms with Crippen LogP contribution in [0.3, 0.4) is 0 Å². The number of aromatic nitrogens is 2. The van der Waals surface area contributed by atoms with Crippen molar-refractivity contribution in [3.8, 4) is 0 Å². The van der Waals surface area contributed by atoms with Crippen LogP contribution in [0, 0.1) is 6.92 Å². The summed E-state index contributed by atoms with van der Waals surface area (Å²) in [6.07, 6.45) is 0. The van der Waals surface area contributed by atoms with Crippen LogP contribution in [0.1, 0.15) is 25.7 Å². The quantitative estimate of drug-likeness (QED) is 0.819. The van der Waals surface area contributed by atoms with Gasteiger partial charge in [0.1, 0.15) is 0 Å². The molecule has 8 heteroatoms. The summed E-state index contributed by atoms with van der Waals surface area (Å²) < 4.78 is 0.216.